The Kier molecular flexibility index (Phi) is 4.36. The summed E-state index contributed by atoms with van der Waals surface area (Å²) in [6.07, 6.45) is 0. The van der Waals surface area contributed by atoms with Crippen LogP contribution < -0.4 is 5.32 Å². The number of benzene rings is 2. The van der Waals surface area contributed by atoms with Gasteiger partial charge in [-0.2, -0.15) is 0 Å². The van der Waals surface area contributed by atoms with E-state index in [4.69, 9.17) is 0 Å². The predicted octanol–water partition coefficient (Wildman–Crippen LogP) is 3.09. The molecule has 1 unspecified atom stereocenters. The summed E-state index contributed by atoms with van der Waals surface area (Å²) in [5, 5.41) is 13.5. The SMILES string of the molecule is Cc1c(C(=O)NC(CO)c2ccc(F)cc2)n(C)c2ccccc12. The van der Waals surface area contributed by atoms with E-state index in [2.05, 4.69) is 5.32 Å². The van der Waals surface area contributed by atoms with Gasteiger partial charge in [0.05, 0.1) is 12.6 Å². The summed E-state index contributed by atoms with van der Waals surface area (Å²) in [6.45, 7) is 1.64. The molecule has 0 aliphatic rings. The first-order valence-electron chi connectivity index (χ1n) is 7.74. The molecule has 1 amide bonds. The maximum Gasteiger partial charge on any atom is 0.268 e. The van der Waals surface area contributed by atoms with Gasteiger partial charge in [-0.25, -0.2) is 4.39 Å². The molecular weight excluding hydrogens is 307 g/mol. The zero-order valence-electron chi connectivity index (χ0n) is 13.6. The van der Waals surface area contributed by atoms with Crippen LogP contribution in [-0.4, -0.2) is 22.2 Å². The number of aryl methyl sites for hydroxylation is 2. The Hall–Kier alpha value is -2.66. The van der Waals surface area contributed by atoms with Gasteiger partial charge in [0, 0.05) is 18.0 Å². The van der Waals surface area contributed by atoms with Crippen molar-refractivity contribution in [2.75, 3.05) is 6.61 Å². The van der Waals surface area contributed by atoms with Crippen LogP contribution >= 0.6 is 0 Å². The largest absolute Gasteiger partial charge is 0.394 e. The van der Waals surface area contributed by atoms with Gasteiger partial charge in [-0.15, -0.1) is 0 Å². The summed E-state index contributed by atoms with van der Waals surface area (Å²) in [6, 6.07) is 13.0. The van der Waals surface area contributed by atoms with Crippen LogP contribution in [0.3, 0.4) is 0 Å². The van der Waals surface area contributed by atoms with Gasteiger partial charge in [-0.1, -0.05) is 30.3 Å². The van der Waals surface area contributed by atoms with Gasteiger partial charge >= 0.3 is 0 Å². The predicted molar refractivity (Wildman–Crippen MR) is 91.3 cm³/mol. The van der Waals surface area contributed by atoms with Crippen LogP contribution in [0.5, 0.6) is 0 Å². The molecule has 0 spiro atoms. The number of hydrogen-bond acceptors (Lipinski definition) is 2. The molecule has 3 rings (SSSR count). The Labute approximate surface area is 139 Å². The molecule has 0 fully saturated rings. The minimum atomic E-state index is -0.587. The maximum absolute atomic E-state index is 13.1. The fourth-order valence-electron chi connectivity index (χ4n) is 3.06. The molecule has 0 aliphatic carbocycles. The molecule has 1 aromatic heterocycles. The highest BCUT2D eigenvalue weighted by atomic mass is 19.1. The lowest BCUT2D eigenvalue weighted by molar-refractivity contribution is 0.0907. The van der Waals surface area contributed by atoms with Crippen LogP contribution in [0.1, 0.15) is 27.7 Å². The molecule has 24 heavy (non-hydrogen) atoms. The first-order valence-corrected chi connectivity index (χ1v) is 7.74. The highest BCUT2D eigenvalue weighted by molar-refractivity contribution is 6.01. The van der Waals surface area contributed by atoms with E-state index in [0.717, 1.165) is 16.5 Å². The fourth-order valence-corrected chi connectivity index (χ4v) is 3.06. The third-order valence-electron chi connectivity index (χ3n) is 4.34. The van der Waals surface area contributed by atoms with Crippen molar-refractivity contribution in [2.45, 2.75) is 13.0 Å². The summed E-state index contributed by atoms with van der Waals surface area (Å²) >= 11 is 0. The number of nitrogens with one attached hydrogen (secondary N) is 1. The lowest BCUT2D eigenvalue weighted by atomic mass is 10.1. The standard InChI is InChI=1S/C19H19FN2O2/c1-12-15-5-3-4-6-17(15)22(2)18(12)19(24)21-16(11-23)13-7-9-14(20)10-8-13/h3-10,16,23H,11H2,1-2H3,(H,21,24). The molecule has 0 bridgehead atoms. The van der Waals surface area contributed by atoms with E-state index in [1.807, 2.05) is 42.8 Å². The van der Waals surface area contributed by atoms with E-state index >= 15 is 0 Å². The molecular formula is C19H19FN2O2. The van der Waals surface area contributed by atoms with Crippen molar-refractivity contribution >= 4 is 16.8 Å². The summed E-state index contributed by atoms with van der Waals surface area (Å²) in [7, 11) is 1.84. The molecule has 0 aliphatic heterocycles. The van der Waals surface area contributed by atoms with Crippen LogP contribution in [0.4, 0.5) is 4.39 Å². The summed E-state index contributed by atoms with van der Waals surface area (Å²) in [5.41, 5.74) is 3.07. The quantitative estimate of drug-likeness (QED) is 0.774. The van der Waals surface area contributed by atoms with Crippen molar-refractivity contribution in [3.63, 3.8) is 0 Å². The Morgan fingerprint density at radius 1 is 1.21 bits per heavy atom. The van der Waals surface area contributed by atoms with Gasteiger partial charge in [-0.05, 0) is 36.2 Å². The molecule has 0 saturated carbocycles. The van der Waals surface area contributed by atoms with Crippen LogP contribution in [0.25, 0.3) is 10.9 Å². The number of amides is 1. The molecule has 5 heteroatoms. The van der Waals surface area contributed by atoms with Crippen molar-refractivity contribution < 1.29 is 14.3 Å². The van der Waals surface area contributed by atoms with E-state index in [9.17, 15) is 14.3 Å². The summed E-state index contributed by atoms with van der Waals surface area (Å²) in [5.74, 6) is -0.624. The van der Waals surface area contributed by atoms with E-state index in [-0.39, 0.29) is 18.3 Å². The minimum Gasteiger partial charge on any atom is -0.394 e. The van der Waals surface area contributed by atoms with Gasteiger partial charge in [0.1, 0.15) is 11.5 Å². The lowest BCUT2D eigenvalue weighted by Crippen LogP contribution is -2.32. The molecule has 124 valence electrons. The van der Waals surface area contributed by atoms with Crippen LogP contribution in [0.15, 0.2) is 48.5 Å². The molecule has 4 nitrogen and oxygen atoms in total. The molecule has 3 aromatic rings. The van der Waals surface area contributed by atoms with Crippen molar-refractivity contribution in [3.05, 3.63) is 71.2 Å². The average molecular weight is 326 g/mol. The Bertz CT molecular complexity index is 845. The second-order valence-electron chi connectivity index (χ2n) is 5.81. The normalized spacial score (nSPS) is 12.3. The van der Waals surface area contributed by atoms with E-state index in [0.29, 0.717) is 11.3 Å². The average Bonchev–Trinajstić information content (AvgIpc) is 2.85. The second-order valence-corrected chi connectivity index (χ2v) is 5.81. The van der Waals surface area contributed by atoms with Crippen molar-refractivity contribution in [2.24, 2.45) is 7.05 Å². The van der Waals surface area contributed by atoms with Crippen molar-refractivity contribution in [1.29, 1.82) is 0 Å². The number of carbonyl (C=O) groups is 1. The monoisotopic (exact) mass is 326 g/mol. The number of nitrogens with zero attached hydrogens (tertiary/aromatic N) is 1. The van der Waals surface area contributed by atoms with Crippen LogP contribution in [-0.2, 0) is 7.05 Å². The highest BCUT2D eigenvalue weighted by Gasteiger charge is 2.21. The van der Waals surface area contributed by atoms with E-state index in [1.54, 1.807) is 12.1 Å². The number of para-hydroxylation sites is 1. The molecule has 0 radical (unpaired) electrons. The van der Waals surface area contributed by atoms with Crippen molar-refractivity contribution in [3.8, 4) is 0 Å². The third-order valence-corrected chi connectivity index (χ3v) is 4.34. The van der Waals surface area contributed by atoms with Gasteiger partial charge in [0.2, 0.25) is 0 Å². The Morgan fingerprint density at radius 3 is 2.50 bits per heavy atom. The summed E-state index contributed by atoms with van der Waals surface area (Å²) < 4.78 is 14.9. The number of rotatable bonds is 4. The first kappa shape index (κ1) is 16.2. The zero-order valence-corrected chi connectivity index (χ0v) is 13.6. The number of halogens is 1. The molecule has 2 aromatic carbocycles. The van der Waals surface area contributed by atoms with E-state index < -0.39 is 6.04 Å². The smallest absolute Gasteiger partial charge is 0.268 e. The second kappa shape index (κ2) is 6.45. The third kappa shape index (κ3) is 2.78. The zero-order chi connectivity index (χ0) is 17.3. The number of carbonyl (C=O) groups excluding carboxylic acids is 1. The summed E-state index contributed by atoms with van der Waals surface area (Å²) in [4.78, 5) is 12.7. The van der Waals surface area contributed by atoms with Gasteiger partial charge in [-0.3, -0.25) is 4.79 Å². The minimum absolute atomic E-state index is 0.264. The van der Waals surface area contributed by atoms with E-state index in [1.165, 1.54) is 12.1 Å². The fraction of sp³-hybridized carbons (Fsp3) is 0.211. The maximum atomic E-state index is 13.1. The van der Waals surface area contributed by atoms with Crippen molar-refractivity contribution in [1.82, 2.24) is 9.88 Å². The number of aromatic nitrogens is 1. The van der Waals surface area contributed by atoms with Crippen LogP contribution in [0.2, 0.25) is 0 Å². The number of aliphatic hydroxyl groups is 1. The topological polar surface area (TPSA) is 54.3 Å². The number of fused-ring (bicyclic) bond motifs is 1. The molecule has 1 atom stereocenters. The lowest BCUT2D eigenvalue weighted by Gasteiger charge is -2.17. The number of aliphatic hydroxyl groups excluding tert-OH is 1. The highest BCUT2D eigenvalue weighted by Crippen LogP contribution is 2.25. The van der Waals surface area contributed by atoms with Crippen LogP contribution in [0, 0.1) is 12.7 Å². The Balaban J connectivity index is 1.93. The molecule has 1 heterocycles. The molecule has 2 N–H and O–H groups in total. The van der Waals surface area contributed by atoms with Gasteiger partial charge < -0.3 is 15.0 Å². The Morgan fingerprint density at radius 2 is 1.88 bits per heavy atom. The first-order chi connectivity index (χ1) is 11.5. The number of hydrogen-bond donors (Lipinski definition) is 2. The molecule has 0 saturated heterocycles. The van der Waals surface area contributed by atoms with Gasteiger partial charge in [0.15, 0.2) is 0 Å². The van der Waals surface area contributed by atoms with Gasteiger partial charge in [0.25, 0.3) is 5.91 Å².